The van der Waals surface area contributed by atoms with Crippen molar-refractivity contribution in [2.75, 3.05) is 4.72 Å². The van der Waals surface area contributed by atoms with Crippen LogP contribution in [0, 0.1) is 0 Å². The zero-order valence-electron chi connectivity index (χ0n) is 15.7. The molecule has 3 aromatic rings. The lowest BCUT2D eigenvalue weighted by molar-refractivity contribution is -0.137. The van der Waals surface area contributed by atoms with Gasteiger partial charge in [0.15, 0.2) is 0 Å². The van der Waals surface area contributed by atoms with E-state index in [0.29, 0.717) is 12.3 Å². The second-order valence-electron chi connectivity index (χ2n) is 6.23. The van der Waals surface area contributed by atoms with E-state index in [1.54, 1.807) is 0 Å². The number of hydrogen-bond donors (Lipinski definition) is 2. The third kappa shape index (κ3) is 5.48. The van der Waals surface area contributed by atoms with Crippen LogP contribution in [0.2, 0.25) is 5.02 Å². The predicted molar refractivity (Wildman–Crippen MR) is 109 cm³/mol. The number of aromatic nitrogens is 1. The Morgan fingerprint density at radius 1 is 1.00 bits per heavy atom. The number of alkyl halides is 3. The largest absolute Gasteiger partial charge is 0.438 e. The standard InChI is InChI=1S/C18H13ClF3N3O5S2/c19-14-9-11(18(20,21)22)10-24-17(14)30-12-5-7-13(8-6-12)32(28,29)25-15-3-1-2-4-16(15)31(23,26)27/h1-10,25H,(H2,23,26,27). The van der Waals surface area contributed by atoms with Crippen molar-refractivity contribution in [3.8, 4) is 11.6 Å². The van der Waals surface area contributed by atoms with Gasteiger partial charge in [0.1, 0.15) is 15.7 Å². The molecule has 0 aliphatic rings. The average Bonchev–Trinajstić information content (AvgIpc) is 2.68. The van der Waals surface area contributed by atoms with E-state index >= 15 is 0 Å². The Balaban J connectivity index is 1.82. The molecule has 0 spiro atoms. The molecule has 0 atom stereocenters. The summed E-state index contributed by atoms with van der Waals surface area (Å²) in [6.45, 7) is 0. The van der Waals surface area contributed by atoms with Gasteiger partial charge in [-0.15, -0.1) is 0 Å². The molecule has 2 aromatic carbocycles. The van der Waals surface area contributed by atoms with Crippen LogP contribution in [0.3, 0.4) is 0 Å². The minimum Gasteiger partial charge on any atom is -0.438 e. The van der Waals surface area contributed by atoms with Crippen LogP contribution in [-0.2, 0) is 26.2 Å². The maximum absolute atomic E-state index is 12.7. The zero-order chi connectivity index (χ0) is 23.7. The first kappa shape index (κ1) is 23.8. The molecule has 170 valence electrons. The highest BCUT2D eigenvalue weighted by atomic mass is 35.5. The summed E-state index contributed by atoms with van der Waals surface area (Å²) in [5.74, 6) is -0.265. The monoisotopic (exact) mass is 507 g/mol. The number of pyridine rings is 1. The number of primary sulfonamides is 1. The Bertz CT molecular complexity index is 1360. The number of benzene rings is 2. The molecule has 14 heteroatoms. The SMILES string of the molecule is NS(=O)(=O)c1ccccc1NS(=O)(=O)c1ccc(Oc2ncc(C(F)(F)F)cc2Cl)cc1. The van der Waals surface area contributed by atoms with E-state index < -0.39 is 41.7 Å². The lowest BCUT2D eigenvalue weighted by Crippen LogP contribution is -2.18. The molecule has 0 unspecified atom stereocenters. The number of ether oxygens (including phenoxy) is 1. The molecule has 0 radical (unpaired) electrons. The molecule has 32 heavy (non-hydrogen) atoms. The van der Waals surface area contributed by atoms with E-state index in [1.165, 1.54) is 30.3 Å². The molecule has 0 bridgehead atoms. The Labute approximate surface area is 185 Å². The van der Waals surface area contributed by atoms with Gasteiger partial charge in [0, 0.05) is 6.20 Å². The van der Waals surface area contributed by atoms with Gasteiger partial charge in [-0.05, 0) is 42.5 Å². The fourth-order valence-electron chi connectivity index (χ4n) is 2.46. The Kier molecular flexibility index (Phi) is 6.38. The Morgan fingerprint density at radius 3 is 2.19 bits per heavy atom. The fourth-order valence-corrected chi connectivity index (χ4v) is 4.50. The van der Waals surface area contributed by atoms with Crippen LogP contribution in [0.25, 0.3) is 0 Å². The fraction of sp³-hybridized carbons (Fsp3) is 0.0556. The molecule has 3 rings (SSSR count). The van der Waals surface area contributed by atoms with E-state index in [-0.39, 0.29) is 22.2 Å². The maximum Gasteiger partial charge on any atom is 0.417 e. The summed E-state index contributed by atoms with van der Waals surface area (Å²) < 4.78 is 94.0. The number of nitrogens with two attached hydrogens (primary N) is 1. The molecule has 0 amide bonds. The quantitative estimate of drug-likeness (QED) is 0.519. The molecule has 0 fully saturated rings. The molecule has 0 saturated carbocycles. The predicted octanol–water partition coefficient (Wildman–Crippen LogP) is 3.99. The topological polar surface area (TPSA) is 128 Å². The molecule has 0 aliphatic carbocycles. The van der Waals surface area contributed by atoms with Gasteiger partial charge < -0.3 is 4.74 Å². The summed E-state index contributed by atoms with van der Waals surface area (Å²) in [5, 5.41) is 4.70. The van der Waals surface area contributed by atoms with Crippen LogP contribution >= 0.6 is 11.6 Å². The molecule has 8 nitrogen and oxygen atoms in total. The normalized spacial score (nSPS) is 12.4. The zero-order valence-corrected chi connectivity index (χ0v) is 18.1. The lowest BCUT2D eigenvalue weighted by Gasteiger charge is -2.12. The van der Waals surface area contributed by atoms with Crippen molar-refractivity contribution in [2.45, 2.75) is 16.0 Å². The van der Waals surface area contributed by atoms with Crippen molar-refractivity contribution in [1.82, 2.24) is 4.98 Å². The number of nitrogens with one attached hydrogen (secondary N) is 1. The molecule has 3 N–H and O–H groups in total. The van der Waals surface area contributed by atoms with E-state index in [9.17, 15) is 30.0 Å². The van der Waals surface area contributed by atoms with Crippen molar-refractivity contribution in [3.05, 3.63) is 71.4 Å². The van der Waals surface area contributed by atoms with Gasteiger partial charge in [0.2, 0.25) is 15.9 Å². The van der Waals surface area contributed by atoms with Gasteiger partial charge in [0.05, 0.1) is 16.1 Å². The highest BCUT2D eigenvalue weighted by molar-refractivity contribution is 7.93. The third-order valence-corrected chi connectivity index (χ3v) is 6.54. The minimum atomic E-state index is -4.62. The molecular weight excluding hydrogens is 495 g/mol. The first-order chi connectivity index (χ1) is 14.8. The second kappa shape index (κ2) is 8.58. The van der Waals surface area contributed by atoms with Gasteiger partial charge in [0.25, 0.3) is 10.0 Å². The molecule has 1 heterocycles. The van der Waals surface area contributed by atoms with E-state index in [1.807, 2.05) is 0 Å². The minimum absolute atomic E-state index is 0.0445. The number of anilines is 1. The lowest BCUT2D eigenvalue weighted by atomic mass is 10.3. The van der Waals surface area contributed by atoms with Gasteiger partial charge in [-0.25, -0.2) is 27.0 Å². The van der Waals surface area contributed by atoms with Crippen LogP contribution < -0.4 is 14.6 Å². The summed E-state index contributed by atoms with van der Waals surface area (Å²) >= 11 is 5.78. The summed E-state index contributed by atoms with van der Waals surface area (Å²) in [7, 11) is -8.39. The Hall–Kier alpha value is -2.87. The molecular formula is C18H13ClF3N3O5S2. The third-order valence-electron chi connectivity index (χ3n) is 3.92. The van der Waals surface area contributed by atoms with Crippen molar-refractivity contribution in [3.63, 3.8) is 0 Å². The summed E-state index contributed by atoms with van der Waals surface area (Å²) in [6.07, 6.45) is -4.08. The van der Waals surface area contributed by atoms with E-state index in [4.69, 9.17) is 21.5 Å². The summed E-state index contributed by atoms with van der Waals surface area (Å²) in [6, 6.07) is 10.5. The second-order valence-corrected chi connectivity index (χ2v) is 9.85. The van der Waals surface area contributed by atoms with Gasteiger partial charge >= 0.3 is 6.18 Å². The van der Waals surface area contributed by atoms with Crippen molar-refractivity contribution >= 4 is 37.3 Å². The van der Waals surface area contributed by atoms with Gasteiger partial charge in [-0.2, -0.15) is 13.2 Å². The Morgan fingerprint density at radius 2 is 1.62 bits per heavy atom. The van der Waals surface area contributed by atoms with Crippen LogP contribution in [0.5, 0.6) is 11.6 Å². The number of nitrogens with zero attached hydrogens (tertiary/aromatic N) is 1. The van der Waals surface area contributed by atoms with Gasteiger partial charge in [-0.3, -0.25) is 4.72 Å². The first-order valence-electron chi connectivity index (χ1n) is 8.43. The van der Waals surface area contributed by atoms with E-state index in [2.05, 4.69) is 9.71 Å². The first-order valence-corrected chi connectivity index (χ1v) is 11.8. The number of para-hydroxylation sites is 1. The van der Waals surface area contributed by atoms with Crippen LogP contribution in [0.1, 0.15) is 5.56 Å². The van der Waals surface area contributed by atoms with Crippen molar-refractivity contribution in [2.24, 2.45) is 5.14 Å². The average molecular weight is 508 g/mol. The number of sulfonamides is 2. The number of hydrogen-bond acceptors (Lipinski definition) is 6. The van der Waals surface area contributed by atoms with Crippen LogP contribution in [-0.4, -0.2) is 21.8 Å². The van der Waals surface area contributed by atoms with E-state index in [0.717, 1.165) is 18.2 Å². The maximum atomic E-state index is 12.7. The highest BCUT2D eigenvalue weighted by Gasteiger charge is 2.32. The van der Waals surface area contributed by atoms with Crippen LogP contribution in [0.4, 0.5) is 18.9 Å². The molecule has 1 aromatic heterocycles. The number of halogens is 4. The van der Waals surface area contributed by atoms with Crippen LogP contribution in [0.15, 0.2) is 70.6 Å². The smallest absolute Gasteiger partial charge is 0.417 e. The highest BCUT2D eigenvalue weighted by Crippen LogP contribution is 2.35. The van der Waals surface area contributed by atoms with Crippen molar-refractivity contribution < 1.29 is 34.7 Å². The number of rotatable bonds is 6. The summed E-state index contributed by atoms with van der Waals surface area (Å²) in [5.41, 5.74) is -1.29. The summed E-state index contributed by atoms with van der Waals surface area (Å²) in [4.78, 5) is 2.87. The molecule has 0 aliphatic heterocycles. The molecule has 0 saturated heterocycles. The van der Waals surface area contributed by atoms with Crippen molar-refractivity contribution in [1.29, 1.82) is 0 Å². The van der Waals surface area contributed by atoms with Gasteiger partial charge in [-0.1, -0.05) is 23.7 Å².